The fourth-order valence-electron chi connectivity index (χ4n) is 6.59. The predicted octanol–water partition coefficient (Wildman–Crippen LogP) is 6.96. The Morgan fingerprint density at radius 3 is 2.46 bits per heavy atom. The van der Waals surface area contributed by atoms with Gasteiger partial charge in [-0.15, -0.1) is 0 Å². The summed E-state index contributed by atoms with van der Waals surface area (Å²) in [7, 11) is 0. The maximum Gasteiger partial charge on any atom is 0.147 e. The van der Waals surface area contributed by atoms with E-state index in [2.05, 4.69) is 6.92 Å². The number of nitrogens with zero attached hydrogens (tertiary/aromatic N) is 1. The summed E-state index contributed by atoms with van der Waals surface area (Å²) in [5.41, 5.74) is 1.01. The van der Waals surface area contributed by atoms with Gasteiger partial charge in [0.15, 0.2) is 0 Å². The van der Waals surface area contributed by atoms with Crippen LogP contribution < -0.4 is 0 Å². The molecule has 0 bridgehead atoms. The van der Waals surface area contributed by atoms with Crippen LogP contribution in [0.4, 0.5) is 8.78 Å². The zero-order valence-electron chi connectivity index (χ0n) is 17.2. The standard InChI is InChI=1S/C25H33F2N/c1-2-3-4-16-5-6-18-12-19(8-7-17(18)11-16)20-9-10-22-21(13-20)14-24(26)23(15-28)25(22)27/h14,16-20H,2-13H2,1H3. The number of benzene rings is 1. The van der Waals surface area contributed by atoms with Crippen molar-refractivity contribution in [2.75, 3.05) is 0 Å². The molecule has 0 N–H and O–H groups in total. The van der Waals surface area contributed by atoms with Crippen LogP contribution in [-0.2, 0) is 12.8 Å². The molecular weight excluding hydrogens is 352 g/mol. The fourth-order valence-corrected chi connectivity index (χ4v) is 6.59. The molecule has 0 amide bonds. The van der Waals surface area contributed by atoms with Gasteiger partial charge in [-0.25, -0.2) is 8.78 Å². The van der Waals surface area contributed by atoms with Gasteiger partial charge in [0.05, 0.1) is 0 Å². The highest BCUT2D eigenvalue weighted by Gasteiger charge is 2.39. The van der Waals surface area contributed by atoms with E-state index in [9.17, 15) is 8.78 Å². The van der Waals surface area contributed by atoms with Gasteiger partial charge >= 0.3 is 0 Å². The normalized spacial score (nSPS) is 32.3. The van der Waals surface area contributed by atoms with Crippen LogP contribution in [0.1, 0.15) is 87.8 Å². The smallest absolute Gasteiger partial charge is 0.147 e. The third-order valence-electron chi connectivity index (χ3n) is 8.17. The molecular formula is C25H33F2N. The van der Waals surface area contributed by atoms with Crippen molar-refractivity contribution in [1.29, 1.82) is 5.26 Å². The van der Waals surface area contributed by atoms with Crippen LogP contribution in [0.25, 0.3) is 0 Å². The molecule has 5 atom stereocenters. The number of unbranched alkanes of at least 4 members (excludes halogenated alkanes) is 1. The van der Waals surface area contributed by atoms with Crippen LogP contribution in [0.15, 0.2) is 6.07 Å². The van der Waals surface area contributed by atoms with E-state index in [1.807, 2.05) is 0 Å². The number of hydrogen-bond donors (Lipinski definition) is 0. The van der Waals surface area contributed by atoms with Gasteiger partial charge in [-0.1, -0.05) is 32.6 Å². The number of nitriles is 1. The molecule has 0 aliphatic heterocycles. The minimum atomic E-state index is -0.687. The highest BCUT2D eigenvalue weighted by atomic mass is 19.1. The third-order valence-corrected chi connectivity index (χ3v) is 8.17. The van der Waals surface area contributed by atoms with Crippen LogP contribution in [0, 0.1) is 52.6 Å². The molecule has 152 valence electrons. The molecule has 0 saturated heterocycles. The second kappa shape index (κ2) is 8.52. The second-order valence-corrected chi connectivity index (χ2v) is 9.71. The molecule has 2 saturated carbocycles. The lowest BCUT2D eigenvalue weighted by molar-refractivity contribution is 0.0689. The Morgan fingerprint density at radius 1 is 1.00 bits per heavy atom. The average Bonchev–Trinajstić information content (AvgIpc) is 2.71. The fraction of sp³-hybridized carbons (Fsp3) is 0.720. The molecule has 1 aromatic rings. The predicted molar refractivity (Wildman–Crippen MR) is 108 cm³/mol. The van der Waals surface area contributed by atoms with Crippen LogP contribution in [0.2, 0.25) is 0 Å². The summed E-state index contributed by atoms with van der Waals surface area (Å²) in [6, 6.07) is 3.12. The highest BCUT2D eigenvalue weighted by Crippen LogP contribution is 2.49. The third kappa shape index (κ3) is 3.85. The maximum absolute atomic E-state index is 14.5. The Bertz CT molecular complexity index is 750. The number of halogens is 2. The molecule has 2 fully saturated rings. The van der Waals surface area contributed by atoms with Crippen molar-refractivity contribution in [3.8, 4) is 6.07 Å². The van der Waals surface area contributed by atoms with Gasteiger partial charge in [0.1, 0.15) is 23.3 Å². The lowest BCUT2D eigenvalue weighted by atomic mass is 9.60. The first-order valence-electron chi connectivity index (χ1n) is 11.5. The van der Waals surface area contributed by atoms with Gasteiger partial charge in [-0.3, -0.25) is 0 Å². The first kappa shape index (κ1) is 19.9. The number of hydrogen-bond acceptors (Lipinski definition) is 1. The first-order chi connectivity index (χ1) is 13.6. The number of rotatable bonds is 4. The molecule has 4 rings (SSSR count). The van der Waals surface area contributed by atoms with Gasteiger partial charge in [0.2, 0.25) is 0 Å². The van der Waals surface area contributed by atoms with Gasteiger partial charge < -0.3 is 0 Å². The van der Waals surface area contributed by atoms with E-state index >= 15 is 0 Å². The Morgan fingerprint density at radius 2 is 1.71 bits per heavy atom. The van der Waals surface area contributed by atoms with Gasteiger partial charge in [0.25, 0.3) is 0 Å². The first-order valence-corrected chi connectivity index (χ1v) is 11.5. The summed E-state index contributed by atoms with van der Waals surface area (Å²) >= 11 is 0. The molecule has 5 unspecified atom stereocenters. The van der Waals surface area contributed by atoms with Crippen LogP contribution in [-0.4, -0.2) is 0 Å². The summed E-state index contributed by atoms with van der Waals surface area (Å²) < 4.78 is 28.6. The van der Waals surface area contributed by atoms with Gasteiger partial charge in [-0.2, -0.15) is 5.26 Å². The molecule has 0 spiro atoms. The highest BCUT2D eigenvalue weighted by molar-refractivity contribution is 5.42. The largest absolute Gasteiger partial charge is 0.205 e. The molecule has 3 aliphatic rings. The quantitative estimate of drug-likeness (QED) is 0.549. The summed E-state index contributed by atoms with van der Waals surface area (Å²) in [5, 5.41) is 9.00. The molecule has 3 heteroatoms. The average molecular weight is 386 g/mol. The summed E-state index contributed by atoms with van der Waals surface area (Å²) in [6.45, 7) is 2.29. The van der Waals surface area contributed by atoms with Crippen molar-refractivity contribution >= 4 is 0 Å². The van der Waals surface area contributed by atoms with Crippen LogP contribution in [0.3, 0.4) is 0 Å². The van der Waals surface area contributed by atoms with Crippen molar-refractivity contribution in [3.05, 3.63) is 34.4 Å². The molecule has 3 aliphatic carbocycles. The molecule has 28 heavy (non-hydrogen) atoms. The van der Waals surface area contributed by atoms with Crippen molar-refractivity contribution in [2.45, 2.75) is 84.0 Å². The van der Waals surface area contributed by atoms with Crippen molar-refractivity contribution < 1.29 is 8.78 Å². The maximum atomic E-state index is 14.5. The zero-order valence-corrected chi connectivity index (χ0v) is 17.2. The summed E-state index contributed by atoms with van der Waals surface area (Å²) in [6.07, 6.45) is 14.8. The minimum absolute atomic E-state index is 0.405. The molecule has 0 heterocycles. The van der Waals surface area contributed by atoms with Crippen LogP contribution in [0.5, 0.6) is 0 Å². The van der Waals surface area contributed by atoms with E-state index < -0.39 is 17.2 Å². The van der Waals surface area contributed by atoms with Crippen molar-refractivity contribution in [1.82, 2.24) is 0 Å². The Balaban J connectivity index is 1.39. The number of fused-ring (bicyclic) bond motifs is 2. The summed E-state index contributed by atoms with van der Waals surface area (Å²) in [4.78, 5) is 0. The van der Waals surface area contributed by atoms with E-state index in [0.29, 0.717) is 23.8 Å². The topological polar surface area (TPSA) is 23.8 Å². The van der Waals surface area contributed by atoms with Crippen molar-refractivity contribution in [3.63, 3.8) is 0 Å². The summed E-state index contributed by atoms with van der Waals surface area (Å²) in [5.74, 6) is 2.74. The van der Waals surface area contributed by atoms with E-state index in [1.54, 1.807) is 6.07 Å². The SMILES string of the molecule is CCCCC1CCC2CC(C3CCc4c(cc(F)c(C#N)c4F)C3)CCC2C1. The van der Waals surface area contributed by atoms with Crippen molar-refractivity contribution in [2.24, 2.45) is 29.6 Å². The lowest BCUT2D eigenvalue weighted by Crippen LogP contribution is -2.35. The Hall–Kier alpha value is -1.43. The Labute approximate surface area is 168 Å². The van der Waals surface area contributed by atoms with Gasteiger partial charge in [-0.05, 0) is 98.1 Å². The van der Waals surface area contributed by atoms with E-state index in [4.69, 9.17) is 5.26 Å². The van der Waals surface area contributed by atoms with E-state index in [1.165, 1.54) is 63.9 Å². The Kier molecular flexibility index (Phi) is 6.04. The monoisotopic (exact) mass is 385 g/mol. The second-order valence-electron chi connectivity index (χ2n) is 9.71. The molecule has 0 aromatic heterocycles. The van der Waals surface area contributed by atoms with Gasteiger partial charge in [0, 0.05) is 0 Å². The lowest BCUT2D eigenvalue weighted by Gasteiger charge is -2.45. The minimum Gasteiger partial charge on any atom is -0.205 e. The zero-order chi connectivity index (χ0) is 19.7. The van der Waals surface area contributed by atoms with E-state index in [-0.39, 0.29) is 0 Å². The molecule has 0 radical (unpaired) electrons. The van der Waals surface area contributed by atoms with Crippen LogP contribution >= 0.6 is 0 Å². The molecule has 1 nitrogen and oxygen atoms in total. The molecule has 1 aromatic carbocycles. The van der Waals surface area contributed by atoms with E-state index in [0.717, 1.165) is 36.2 Å².